The van der Waals surface area contributed by atoms with E-state index < -0.39 is 11.6 Å². The van der Waals surface area contributed by atoms with Gasteiger partial charge in [0, 0.05) is 5.92 Å². The molecule has 2 aliphatic carbocycles. The van der Waals surface area contributed by atoms with Gasteiger partial charge in [-0.25, -0.2) is 8.78 Å². The summed E-state index contributed by atoms with van der Waals surface area (Å²) >= 11 is 0. The highest BCUT2D eigenvalue weighted by molar-refractivity contribution is 5.40. The first kappa shape index (κ1) is 22.3. The van der Waals surface area contributed by atoms with Crippen molar-refractivity contribution in [3.63, 3.8) is 0 Å². The molecule has 0 amide bonds. The fourth-order valence-electron chi connectivity index (χ4n) is 5.40. The Bertz CT molecular complexity index is 672. The monoisotopic (exact) mass is 400 g/mol. The van der Waals surface area contributed by atoms with E-state index in [-0.39, 0.29) is 5.56 Å². The van der Waals surface area contributed by atoms with Gasteiger partial charge in [0.25, 0.3) is 0 Å². The zero-order valence-corrected chi connectivity index (χ0v) is 18.4. The van der Waals surface area contributed by atoms with Crippen molar-refractivity contribution < 1.29 is 8.78 Å². The molecule has 0 saturated heterocycles. The van der Waals surface area contributed by atoms with Crippen molar-refractivity contribution in [2.24, 2.45) is 17.8 Å². The van der Waals surface area contributed by atoms with Gasteiger partial charge in [0.2, 0.25) is 0 Å². The molecule has 0 nitrogen and oxygen atoms in total. The van der Waals surface area contributed by atoms with Gasteiger partial charge < -0.3 is 0 Å². The first-order valence-corrected chi connectivity index (χ1v) is 12.1. The van der Waals surface area contributed by atoms with Crippen LogP contribution in [0.15, 0.2) is 12.1 Å². The maximum atomic E-state index is 14.7. The lowest BCUT2D eigenvalue weighted by Crippen LogP contribution is -2.14. The van der Waals surface area contributed by atoms with E-state index in [1.807, 2.05) is 0 Å². The summed E-state index contributed by atoms with van der Waals surface area (Å²) in [6.07, 6.45) is 15.4. The number of rotatable bonds is 6. The van der Waals surface area contributed by atoms with Crippen molar-refractivity contribution in [2.75, 3.05) is 0 Å². The molecule has 160 valence electrons. The minimum absolute atomic E-state index is 0.0268. The lowest BCUT2D eigenvalue weighted by atomic mass is 9.77. The Morgan fingerprint density at radius 3 is 1.97 bits per heavy atom. The molecule has 2 fully saturated rings. The van der Waals surface area contributed by atoms with Gasteiger partial charge in [0.15, 0.2) is 0 Å². The summed E-state index contributed by atoms with van der Waals surface area (Å²) in [5, 5.41) is 0. The number of halogens is 2. The fourth-order valence-corrected chi connectivity index (χ4v) is 5.40. The Balaban J connectivity index is 1.59. The summed E-state index contributed by atoms with van der Waals surface area (Å²) in [6, 6.07) is 3.12. The molecule has 2 aliphatic rings. The minimum Gasteiger partial charge on any atom is -0.206 e. The van der Waals surface area contributed by atoms with Crippen LogP contribution in [-0.4, -0.2) is 0 Å². The van der Waals surface area contributed by atoms with E-state index in [1.54, 1.807) is 12.1 Å². The molecule has 0 spiro atoms. The van der Waals surface area contributed by atoms with Gasteiger partial charge in [-0.05, 0) is 86.8 Å². The maximum Gasteiger partial charge on any atom is 0.142 e. The molecule has 0 bridgehead atoms. The Morgan fingerprint density at radius 1 is 0.793 bits per heavy atom. The second kappa shape index (κ2) is 11.1. The number of unbranched alkanes of at least 4 members (excludes halogenated alkanes) is 1. The zero-order valence-electron chi connectivity index (χ0n) is 18.4. The predicted molar refractivity (Wildman–Crippen MR) is 118 cm³/mol. The normalized spacial score (nSPS) is 27.3. The van der Waals surface area contributed by atoms with E-state index >= 15 is 0 Å². The molecule has 0 aromatic heterocycles. The molecule has 0 heterocycles. The Labute approximate surface area is 176 Å². The highest BCUT2D eigenvalue weighted by Crippen LogP contribution is 2.38. The quantitative estimate of drug-likeness (QED) is 0.421. The molecule has 0 N–H and O–H groups in total. The maximum absolute atomic E-state index is 14.7. The van der Waals surface area contributed by atoms with Gasteiger partial charge in [-0.3, -0.25) is 0 Å². The van der Waals surface area contributed by atoms with Gasteiger partial charge >= 0.3 is 0 Å². The summed E-state index contributed by atoms with van der Waals surface area (Å²) in [4.78, 5) is 0. The first-order valence-electron chi connectivity index (χ1n) is 12.1. The van der Waals surface area contributed by atoms with Gasteiger partial charge in [0.05, 0.1) is 5.56 Å². The van der Waals surface area contributed by atoms with Crippen molar-refractivity contribution in [1.29, 1.82) is 0 Å². The average molecular weight is 401 g/mol. The van der Waals surface area contributed by atoms with Crippen LogP contribution in [0.2, 0.25) is 0 Å². The molecule has 1 aromatic rings. The molecule has 0 radical (unpaired) electrons. The van der Waals surface area contributed by atoms with E-state index in [2.05, 4.69) is 25.7 Å². The average Bonchev–Trinajstić information content (AvgIpc) is 2.73. The molecule has 29 heavy (non-hydrogen) atoms. The van der Waals surface area contributed by atoms with Crippen LogP contribution in [0.4, 0.5) is 8.78 Å². The van der Waals surface area contributed by atoms with E-state index in [4.69, 9.17) is 0 Å². The summed E-state index contributed by atoms with van der Waals surface area (Å²) in [6.45, 7) is 4.47. The van der Waals surface area contributed by atoms with Gasteiger partial charge in [0.1, 0.15) is 11.6 Å². The van der Waals surface area contributed by atoms with Crippen LogP contribution in [-0.2, 0) is 0 Å². The van der Waals surface area contributed by atoms with E-state index in [0.29, 0.717) is 11.8 Å². The third-order valence-corrected chi connectivity index (χ3v) is 7.29. The van der Waals surface area contributed by atoms with E-state index in [1.165, 1.54) is 57.8 Å². The van der Waals surface area contributed by atoms with Crippen LogP contribution >= 0.6 is 0 Å². The molecular weight excluding hydrogens is 362 g/mol. The van der Waals surface area contributed by atoms with Crippen molar-refractivity contribution in [3.8, 4) is 11.8 Å². The Hall–Kier alpha value is -1.36. The number of benzene rings is 1. The molecular formula is C27H38F2. The number of hydrogen-bond donors (Lipinski definition) is 0. The van der Waals surface area contributed by atoms with Gasteiger partial charge in [-0.2, -0.15) is 0 Å². The highest BCUT2D eigenvalue weighted by Gasteiger charge is 2.24. The third-order valence-electron chi connectivity index (χ3n) is 7.29. The topological polar surface area (TPSA) is 0 Å². The molecule has 2 saturated carbocycles. The largest absolute Gasteiger partial charge is 0.206 e. The summed E-state index contributed by atoms with van der Waals surface area (Å²) in [5.74, 6) is 7.31. The van der Waals surface area contributed by atoms with E-state index in [0.717, 1.165) is 43.1 Å². The van der Waals surface area contributed by atoms with Crippen LogP contribution in [0.25, 0.3) is 0 Å². The second-order valence-electron chi connectivity index (χ2n) is 9.50. The van der Waals surface area contributed by atoms with Crippen LogP contribution in [0.5, 0.6) is 0 Å². The smallest absolute Gasteiger partial charge is 0.142 e. The van der Waals surface area contributed by atoms with Gasteiger partial charge in [-0.15, -0.1) is 0 Å². The van der Waals surface area contributed by atoms with Crippen molar-refractivity contribution >= 4 is 0 Å². The van der Waals surface area contributed by atoms with Crippen molar-refractivity contribution in [1.82, 2.24) is 0 Å². The highest BCUT2D eigenvalue weighted by atomic mass is 19.1. The standard InChI is InChI=1S/C27H38F2/c1-3-5-7-21-12-15-23(16-13-21)24-18-26(28)25(27(29)19-24)17-14-22-10-8-20(6-4-2)9-11-22/h18-23H,3-13,15-16H2,1-2H3. The zero-order chi connectivity index (χ0) is 20.6. The van der Waals surface area contributed by atoms with Crippen LogP contribution in [0, 0.1) is 41.2 Å². The molecule has 0 unspecified atom stereocenters. The van der Waals surface area contributed by atoms with Gasteiger partial charge in [-0.1, -0.05) is 57.8 Å². The molecule has 2 heteroatoms. The lowest BCUT2D eigenvalue weighted by Gasteiger charge is -2.29. The Kier molecular flexibility index (Phi) is 8.58. The van der Waals surface area contributed by atoms with Crippen LogP contribution in [0.3, 0.4) is 0 Å². The summed E-state index contributed by atoms with van der Waals surface area (Å²) in [7, 11) is 0. The molecule has 3 rings (SSSR count). The predicted octanol–water partition coefficient (Wildman–Crippen LogP) is 8.39. The van der Waals surface area contributed by atoms with Crippen LogP contribution in [0.1, 0.15) is 114 Å². The fraction of sp³-hybridized carbons (Fsp3) is 0.704. The van der Waals surface area contributed by atoms with Crippen LogP contribution < -0.4 is 0 Å². The molecule has 0 atom stereocenters. The van der Waals surface area contributed by atoms with E-state index in [9.17, 15) is 8.78 Å². The summed E-state index contributed by atoms with van der Waals surface area (Å²) < 4.78 is 29.4. The molecule has 1 aromatic carbocycles. The number of hydrogen-bond acceptors (Lipinski definition) is 0. The Morgan fingerprint density at radius 2 is 1.38 bits per heavy atom. The molecule has 0 aliphatic heterocycles. The lowest BCUT2D eigenvalue weighted by molar-refractivity contribution is 0.300. The van der Waals surface area contributed by atoms with Crippen molar-refractivity contribution in [3.05, 3.63) is 34.9 Å². The first-order chi connectivity index (χ1) is 14.1. The third kappa shape index (κ3) is 6.31. The SMILES string of the molecule is CCCCC1CCC(c2cc(F)c(C#CC3CCC(CCC)CC3)c(F)c2)CC1. The second-order valence-corrected chi connectivity index (χ2v) is 9.50. The summed E-state index contributed by atoms with van der Waals surface area (Å²) in [5.41, 5.74) is 0.806. The minimum atomic E-state index is -0.472. The van der Waals surface area contributed by atoms with Crippen molar-refractivity contribution in [2.45, 2.75) is 103 Å².